The third-order valence-electron chi connectivity index (χ3n) is 2.56. The normalized spacial score (nSPS) is 10.4. The number of methoxy groups -OCH3 is 1. The maximum absolute atomic E-state index is 10.9. The molecule has 0 unspecified atom stereocenters. The van der Waals surface area contributed by atoms with Gasteiger partial charge in [-0.3, -0.25) is 4.79 Å². The van der Waals surface area contributed by atoms with Gasteiger partial charge in [-0.2, -0.15) is 0 Å². The molecule has 0 fully saturated rings. The van der Waals surface area contributed by atoms with Gasteiger partial charge in [0.1, 0.15) is 10.8 Å². The molecule has 0 saturated carbocycles. The minimum atomic E-state index is -0.365. The summed E-state index contributed by atoms with van der Waals surface area (Å²) in [6, 6.07) is 5.96. The number of aromatic nitrogens is 1. The van der Waals surface area contributed by atoms with Crippen LogP contribution in [-0.2, 0) is 11.2 Å². The van der Waals surface area contributed by atoms with Crippen LogP contribution in [0.3, 0.4) is 0 Å². The van der Waals surface area contributed by atoms with E-state index in [1.165, 1.54) is 11.3 Å². The molecule has 0 aliphatic heterocycles. The van der Waals surface area contributed by atoms with E-state index in [4.69, 9.17) is 10.5 Å². The average Bonchev–Trinajstić information content (AvgIpc) is 2.85. The molecule has 2 N–H and O–H groups in total. The first kappa shape index (κ1) is 13.9. The molecule has 0 atom stereocenters. The van der Waals surface area contributed by atoms with Gasteiger partial charge in [-0.05, 0) is 18.4 Å². The molecule has 1 amide bonds. The number of hydrogen-bond acceptors (Lipinski definition) is 5. The third-order valence-corrected chi connectivity index (χ3v) is 4.18. The van der Waals surface area contributed by atoms with Crippen molar-refractivity contribution in [3.05, 3.63) is 28.6 Å². The summed E-state index contributed by atoms with van der Waals surface area (Å²) in [4.78, 5) is 16.4. The zero-order chi connectivity index (χ0) is 13.8. The highest BCUT2D eigenvalue weighted by Gasteiger charge is 2.09. The Bertz CT molecular complexity index is 596. The monoisotopic (exact) mass is 294 g/mol. The second kappa shape index (κ2) is 6.08. The van der Waals surface area contributed by atoms with Gasteiger partial charge in [-0.25, -0.2) is 4.98 Å². The molecule has 19 heavy (non-hydrogen) atoms. The average molecular weight is 294 g/mol. The summed E-state index contributed by atoms with van der Waals surface area (Å²) in [7, 11) is 1.65. The Kier molecular flexibility index (Phi) is 4.44. The first-order valence-corrected chi connectivity index (χ1v) is 7.69. The van der Waals surface area contributed by atoms with Crippen LogP contribution in [0.25, 0.3) is 11.3 Å². The Hall–Kier alpha value is -1.53. The second-order valence-corrected chi connectivity index (χ2v) is 5.63. The SMILES string of the molecule is COc1cc(-c2csc(CC(N)=O)n2)ccc1SC. The largest absolute Gasteiger partial charge is 0.496 e. The van der Waals surface area contributed by atoms with E-state index in [2.05, 4.69) is 4.98 Å². The van der Waals surface area contributed by atoms with Crippen molar-refractivity contribution in [3.63, 3.8) is 0 Å². The Morgan fingerprint density at radius 2 is 2.32 bits per heavy atom. The van der Waals surface area contributed by atoms with Crippen molar-refractivity contribution in [3.8, 4) is 17.0 Å². The fourth-order valence-electron chi connectivity index (χ4n) is 1.67. The summed E-state index contributed by atoms with van der Waals surface area (Å²) in [5, 5.41) is 2.65. The van der Waals surface area contributed by atoms with Crippen molar-refractivity contribution in [2.45, 2.75) is 11.3 Å². The van der Waals surface area contributed by atoms with E-state index in [-0.39, 0.29) is 12.3 Å². The zero-order valence-corrected chi connectivity index (χ0v) is 12.3. The summed E-state index contributed by atoms with van der Waals surface area (Å²) in [5.41, 5.74) is 6.97. The van der Waals surface area contributed by atoms with Crippen LogP contribution >= 0.6 is 23.1 Å². The highest BCUT2D eigenvalue weighted by Crippen LogP contribution is 2.32. The number of carbonyl (C=O) groups excluding carboxylic acids is 1. The summed E-state index contributed by atoms with van der Waals surface area (Å²) < 4.78 is 5.35. The molecular weight excluding hydrogens is 280 g/mol. The number of carbonyl (C=O) groups is 1. The smallest absolute Gasteiger partial charge is 0.224 e. The Labute approximate surface area is 120 Å². The lowest BCUT2D eigenvalue weighted by Gasteiger charge is -2.07. The Morgan fingerprint density at radius 1 is 1.53 bits per heavy atom. The van der Waals surface area contributed by atoms with Gasteiger partial charge >= 0.3 is 0 Å². The molecular formula is C13H14N2O2S2. The number of thiazole rings is 1. The van der Waals surface area contributed by atoms with Gasteiger partial charge in [0, 0.05) is 15.8 Å². The van der Waals surface area contributed by atoms with Crippen molar-refractivity contribution in [2.75, 3.05) is 13.4 Å². The molecule has 6 heteroatoms. The summed E-state index contributed by atoms with van der Waals surface area (Å²) in [6.45, 7) is 0. The summed E-state index contributed by atoms with van der Waals surface area (Å²) in [5.74, 6) is 0.464. The number of rotatable bonds is 5. The van der Waals surface area contributed by atoms with E-state index in [1.54, 1.807) is 18.9 Å². The third kappa shape index (κ3) is 3.27. The van der Waals surface area contributed by atoms with Gasteiger partial charge in [0.15, 0.2) is 0 Å². The second-order valence-electron chi connectivity index (χ2n) is 3.84. The van der Waals surface area contributed by atoms with E-state index < -0.39 is 0 Å². The molecule has 2 aromatic rings. The topological polar surface area (TPSA) is 65.2 Å². The van der Waals surface area contributed by atoms with Crippen LogP contribution in [-0.4, -0.2) is 24.3 Å². The highest BCUT2D eigenvalue weighted by atomic mass is 32.2. The highest BCUT2D eigenvalue weighted by molar-refractivity contribution is 7.98. The van der Waals surface area contributed by atoms with E-state index in [9.17, 15) is 4.79 Å². The number of nitrogens with two attached hydrogens (primary N) is 1. The van der Waals surface area contributed by atoms with E-state index in [0.717, 1.165) is 26.9 Å². The van der Waals surface area contributed by atoms with E-state index >= 15 is 0 Å². The maximum Gasteiger partial charge on any atom is 0.224 e. The molecule has 100 valence electrons. The molecule has 1 aromatic carbocycles. The summed E-state index contributed by atoms with van der Waals surface area (Å²) >= 11 is 3.07. The minimum Gasteiger partial charge on any atom is -0.496 e. The van der Waals surface area contributed by atoms with Crippen molar-refractivity contribution in [1.29, 1.82) is 0 Å². The van der Waals surface area contributed by atoms with Crippen LogP contribution < -0.4 is 10.5 Å². The molecule has 0 bridgehead atoms. The molecule has 4 nitrogen and oxygen atoms in total. The molecule has 0 saturated heterocycles. The van der Waals surface area contributed by atoms with E-state index in [1.807, 2.05) is 29.8 Å². The molecule has 1 aromatic heterocycles. The number of primary amides is 1. The molecule has 0 aliphatic carbocycles. The van der Waals surface area contributed by atoms with Crippen molar-refractivity contribution < 1.29 is 9.53 Å². The van der Waals surface area contributed by atoms with Crippen LogP contribution in [0.2, 0.25) is 0 Å². The maximum atomic E-state index is 10.9. The van der Waals surface area contributed by atoms with Gasteiger partial charge in [-0.15, -0.1) is 23.1 Å². The fraction of sp³-hybridized carbons (Fsp3) is 0.231. The number of nitrogens with zero attached hydrogens (tertiary/aromatic N) is 1. The first-order valence-electron chi connectivity index (χ1n) is 5.59. The van der Waals surface area contributed by atoms with Crippen LogP contribution in [0.4, 0.5) is 0 Å². The molecule has 0 aliphatic rings. The lowest BCUT2D eigenvalue weighted by atomic mass is 10.1. The van der Waals surface area contributed by atoms with Crippen molar-refractivity contribution >= 4 is 29.0 Å². The zero-order valence-electron chi connectivity index (χ0n) is 10.7. The van der Waals surface area contributed by atoms with Gasteiger partial charge in [0.05, 0.1) is 19.2 Å². The van der Waals surface area contributed by atoms with Crippen LogP contribution in [0.1, 0.15) is 5.01 Å². The van der Waals surface area contributed by atoms with Gasteiger partial charge in [-0.1, -0.05) is 6.07 Å². The first-order chi connectivity index (χ1) is 9.13. The summed E-state index contributed by atoms with van der Waals surface area (Å²) in [6.07, 6.45) is 2.19. The van der Waals surface area contributed by atoms with Gasteiger partial charge in [0.2, 0.25) is 5.91 Å². The number of hydrogen-bond donors (Lipinski definition) is 1. The van der Waals surface area contributed by atoms with Crippen LogP contribution in [0, 0.1) is 0 Å². The molecule has 0 spiro atoms. The van der Waals surface area contributed by atoms with Crippen LogP contribution in [0.15, 0.2) is 28.5 Å². The lowest BCUT2D eigenvalue weighted by Crippen LogP contribution is -2.13. The quantitative estimate of drug-likeness (QED) is 0.861. The molecule has 1 heterocycles. The van der Waals surface area contributed by atoms with Gasteiger partial charge < -0.3 is 10.5 Å². The predicted molar refractivity (Wildman–Crippen MR) is 78.8 cm³/mol. The lowest BCUT2D eigenvalue weighted by molar-refractivity contribution is -0.117. The number of thioether (sulfide) groups is 1. The fourth-order valence-corrected chi connectivity index (χ4v) is 3.03. The number of ether oxygens (including phenoxy) is 1. The predicted octanol–water partition coefficient (Wildman–Crippen LogP) is 2.57. The number of amides is 1. The van der Waals surface area contributed by atoms with Crippen molar-refractivity contribution in [1.82, 2.24) is 4.98 Å². The Morgan fingerprint density at radius 3 is 2.95 bits per heavy atom. The Balaban J connectivity index is 2.31. The standard InChI is InChI=1S/C13H14N2O2S2/c1-17-10-5-8(3-4-11(10)18-2)9-7-19-13(15-9)6-12(14)16/h3-5,7H,6H2,1-2H3,(H2,14,16). The molecule has 0 radical (unpaired) electrons. The van der Waals surface area contributed by atoms with E-state index in [0.29, 0.717) is 0 Å². The number of benzene rings is 1. The minimum absolute atomic E-state index is 0.185. The van der Waals surface area contributed by atoms with Crippen LogP contribution in [0.5, 0.6) is 5.75 Å². The van der Waals surface area contributed by atoms with Gasteiger partial charge in [0.25, 0.3) is 0 Å². The van der Waals surface area contributed by atoms with Crippen molar-refractivity contribution in [2.24, 2.45) is 5.73 Å². The molecule has 2 rings (SSSR count).